The van der Waals surface area contributed by atoms with Gasteiger partial charge in [0.15, 0.2) is 0 Å². The summed E-state index contributed by atoms with van der Waals surface area (Å²) in [5.41, 5.74) is 1.00. The van der Waals surface area contributed by atoms with Crippen molar-refractivity contribution >= 4 is 6.09 Å². The van der Waals surface area contributed by atoms with E-state index in [1.807, 2.05) is 6.92 Å². The highest BCUT2D eigenvalue weighted by atomic mass is 19.1. The molecule has 1 amide bonds. The Balaban J connectivity index is 1.84. The van der Waals surface area contributed by atoms with Crippen molar-refractivity contribution in [2.45, 2.75) is 19.0 Å². The van der Waals surface area contributed by atoms with Gasteiger partial charge in [0, 0.05) is 25.2 Å². The van der Waals surface area contributed by atoms with Crippen LogP contribution < -0.4 is 5.32 Å². The topological polar surface area (TPSA) is 52.6 Å². The van der Waals surface area contributed by atoms with E-state index >= 15 is 0 Å². The maximum absolute atomic E-state index is 12.7. The highest BCUT2D eigenvalue weighted by Crippen LogP contribution is 2.16. The number of likely N-dealkylation sites (tertiary alicyclic amines) is 1. The van der Waals surface area contributed by atoms with Crippen LogP contribution in [-0.2, 0) is 0 Å². The van der Waals surface area contributed by atoms with Gasteiger partial charge < -0.3 is 15.3 Å². The van der Waals surface area contributed by atoms with Crippen molar-refractivity contribution in [1.82, 2.24) is 10.2 Å². The van der Waals surface area contributed by atoms with Gasteiger partial charge in [0.25, 0.3) is 0 Å². The molecule has 5 heteroatoms. The Morgan fingerprint density at radius 1 is 1.47 bits per heavy atom. The summed E-state index contributed by atoms with van der Waals surface area (Å²) in [4.78, 5) is 11.9. The zero-order chi connectivity index (χ0) is 12.4. The number of nitrogens with one attached hydrogen (secondary N) is 1. The number of rotatable bonds is 3. The van der Waals surface area contributed by atoms with E-state index in [0.717, 1.165) is 5.56 Å². The standard InChI is InChI=1S/C12H15FN2O2/c1-8(9-2-4-10(13)5-3-9)14-11-6-15(7-11)12(16)17/h2-5,8,11,14H,6-7H2,1H3,(H,16,17). The molecular weight excluding hydrogens is 223 g/mol. The second kappa shape index (κ2) is 4.71. The first-order valence-electron chi connectivity index (χ1n) is 5.55. The van der Waals surface area contributed by atoms with Crippen LogP contribution in [0.3, 0.4) is 0 Å². The lowest BCUT2D eigenvalue weighted by atomic mass is 10.0. The van der Waals surface area contributed by atoms with E-state index in [1.54, 1.807) is 12.1 Å². The minimum atomic E-state index is -0.877. The molecule has 4 nitrogen and oxygen atoms in total. The van der Waals surface area contributed by atoms with Crippen LogP contribution in [0.15, 0.2) is 24.3 Å². The minimum Gasteiger partial charge on any atom is -0.465 e. The second-order valence-electron chi connectivity index (χ2n) is 4.32. The van der Waals surface area contributed by atoms with E-state index in [-0.39, 0.29) is 17.9 Å². The maximum Gasteiger partial charge on any atom is 0.407 e. The van der Waals surface area contributed by atoms with Crippen molar-refractivity contribution < 1.29 is 14.3 Å². The zero-order valence-corrected chi connectivity index (χ0v) is 9.56. The van der Waals surface area contributed by atoms with Gasteiger partial charge in [-0.3, -0.25) is 0 Å². The number of benzene rings is 1. The van der Waals surface area contributed by atoms with Crippen molar-refractivity contribution in [3.05, 3.63) is 35.6 Å². The average Bonchev–Trinajstić information content (AvgIpc) is 2.23. The van der Waals surface area contributed by atoms with Crippen LogP contribution in [-0.4, -0.2) is 35.2 Å². The summed E-state index contributed by atoms with van der Waals surface area (Å²) in [7, 11) is 0. The maximum atomic E-state index is 12.7. The summed E-state index contributed by atoms with van der Waals surface area (Å²) in [5.74, 6) is -0.248. The third-order valence-corrected chi connectivity index (χ3v) is 3.01. The summed E-state index contributed by atoms with van der Waals surface area (Å²) in [5, 5.41) is 12.0. The van der Waals surface area contributed by atoms with Crippen LogP contribution in [0, 0.1) is 5.82 Å². The van der Waals surface area contributed by atoms with Crippen molar-refractivity contribution in [1.29, 1.82) is 0 Å². The first kappa shape index (κ1) is 11.9. The molecule has 0 aliphatic carbocycles. The molecule has 1 atom stereocenters. The van der Waals surface area contributed by atoms with Crippen LogP contribution in [0.2, 0.25) is 0 Å². The number of carboxylic acid groups (broad SMARTS) is 1. The minimum absolute atomic E-state index is 0.0940. The fourth-order valence-corrected chi connectivity index (χ4v) is 1.94. The van der Waals surface area contributed by atoms with Gasteiger partial charge in [-0.2, -0.15) is 0 Å². The number of hydrogen-bond acceptors (Lipinski definition) is 2. The van der Waals surface area contributed by atoms with Crippen molar-refractivity contribution in [2.75, 3.05) is 13.1 Å². The number of halogens is 1. The summed E-state index contributed by atoms with van der Waals surface area (Å²) in [6, 6.07) is 6.61. The molecule has 92 valence electrons. The molecular formula is C12H15FN2O2. The van der Waals surface area contributed by atoms with Gasteiger partial charge in [-0.05, 0) is 24.6 Å². The fraction of sp³-hybridized carbons (Fsp3) is 0.417. The number of hydrogen-bond donors (Lipinski definition) is 2. The van der Waals surface area contributed by atoms with Gasteiger partial charge >= 0.3 is 6.09 Å². The van der Waals surface area contributed by atoms with E-state index < -0.39 is 6.09 Å². The Bertz CT molecular complexity index is 401. The quantitative estimate of drug-likeness (QED) is 0.844. The molecule has 1 aromatic carbocycles. The smallest absolute Gasteiger partial charge is 0.407 e. The molecule has 2 N–H and O–H groups in total. The van der Waals surface area contributed by atoms with E-state index in [1.165, 1.54) is 17.0 Å². The normalized spacial score (nSPS) is 17.6. The lowest BCUT2D eigenvalue weighted by Gasteiger charge is -2.39. The molecule has 1 aromatic rings. The third-order valence-electron chi connectivity index (χ3n) is 3.01. The number of nitrogens with zero attached hydrogens (tertiary/aromatic N) is 1. The Morgan fingerprint density at radius 2 is 2.06 bits per heavy atom. The van der Waals surface area contributed by atoms with Gasteiger partial charge in [0.05, 0.1) is 0 Å². The van der Waals surface area contributed by atoms with Gasteiger partial charge in [-0.15, -0.1) is 0 Å². The molecule has 0 saturated carbocycles. The van der Waals surface area contributed by atoms with E-state index in [0.29, 0.717) is 13.1 Å². The van der Waals surface area contributed by atoms with Crippen molar-refractivity contribution in [3.63, 3.8) is 0 Å². The van der Waals surface area contributed by atoms with Crippen molar-refractivity contribution in [3.8, 4) is 0 Å². The van der Waals surface area contributed by atoms with Crippen LogP contribution in [0.1, 0.15) is 18.5 Å². The van der Waals surface area contributed by atoms with Crippen LogP contribution in [0.25, 0.3) is 0 Å². The Labute approximate surface area is 99.0 Å². The van der Waals surface area contributed by atoms with Gasteiger partial charge in [0.1, 0.15) is 5.82 Å². The van der Waals surface area contributed by atoms with Gasteiger partial charge in [-0.25, -0.2) is 9.18 Å². The van der Waals surface area contributed by atoms with Gasteiger partial charge in [0.2, 0.25) is 0 Å². The molecule has 1 heterocycles. The number of amides is 1. The molecule has 1 aliphatic heterocycles. The Hall–Kier alpha value is -1.62. The Kier molecular flexibility index (Phi) is 3.28. The molecule has 0 spiro atoms. The molecule has 0 bridgehead atoms. The number of carbonyl (C=O) groups is 1. The molecule has 2 rings (SSSR count). The summed E-state index contributed by atoms with van der Waals surface area (Å²) in [6.45, 7) is 3.01. The highest BCUT2D eigenvalue weighted by molar-refractivity contribution is 5.66. The molecule has 17 heavy (non-hydrogen) atoms. The van der Waals surface area contributed by atoms with E-state index in [9.17, 15) is 9.18 Å². The lowest BCUT2D eigenvalue weighted by Crippen LogP contribution is -2.59. The highest BCUT2D eigenvalue weighted by Gasteiger charge is 2.31. The molecule has 1 aliphatic rings. The predicted molar refractivity (Wildman–Crippen MR) is 61.3 cm³/mol. The summed E-state index contributed by atoms with van der Waals surface area (Å²) in [6.07, 6.45) is -0.877. The first-order valence-corrected chi connectivity index (χ1v) is 5.55. The predicted octanol–water partition coefficient (Wildman–Crippen LogP) is 1.84. The largest absolute Gasteiger partial charge is 0.465 e. The van der Waals surface area contributed by atoms with Crippen LogP contribution >= 0.6 is 0 Å². The van der Waals surface area contributed by atoms with E-state index in [4.69, 9.17) is 5.11 Å². The fourth-order valence-electron chi connectivity index (χ4n) is 1.94. The monoisotopic (exact) mass is 238 g/mol. The van der Waals surface area contributed by atoms with Gasteiger partial charge in [-0.1, -0.05) is 12.1 Å². The second-order valence-corrected chi connectivity index (χ2v) is 4.32. The summed E-state index contributed by atoms with van der Waals surface area (Å²) < 4.78 is 12.7. The lowest BCUT2D eigenvalue weighted by molar-refractivity contribution is 0.0926. The SMILES string of the molecule is CC(NC1CN(C(=O)O)C1)c1ccc(F)cc1. The van der Waals surface area contributed by atoms with Crippen molar-refractivity contribution in [2.24, 2.45) is 0 Å². The van der Waals surface area contributed by atoms with E-state index in [2.05, 4.69) is 5.32 Å². The van der Waals surface area contributed by atoms with Crippen LogP contribution in [0.4, 0.5) is 9.18 Å². The summed E-state index contributed by atoms with van der Waals surface area (Å²) >= 11 is 0. The van der Waals surface area contributed by atoms with Crippen LogP contribution in [0.5, 0.6) is 0 Å². The zero-order valence-electron chi connectivity index (χ0n) is 9.56. The average molecular weight is 238 g/mol. The Morgan fingerprint density at radius 3 is 2.59 bits per heavy atom. The molecule has 0 radical (unpaired) electrons. The molecule has 1 saturated heterocycles. The first-order chi connectivity index (χ1) is 8.06. The molecule has 0 aromatic heterocycles. The molecule has 1 unspecified atom stereocenters. The third kappa shape index (κ3) is 2.74. The molecule has 1 fully saturated rings.